The molecule has 0 fully saturated rings. The number of benzene rings is 1. The second-order valence-corrected chi connectivity index (χ2v) is 2.36. The van der Waals surface area contributed by atoms with Crippen molar-refractivity contribution in [2.75, 3.05) is 0 Å². The summed E-state index contributed by atoms with van der Waals surface area (Å²) in [5, 5.41) is 19.2. The minimum absolute atomic E-state index is 0.0370. The summed E-state index contributed by atoms with van der Waals surface area (Å²) >= 11 is 5.38. The number of carbonyl (C=O) groups is 1. The van der Waals surface area contributed by atoms with Crippen molar-refractivity contribution in [2.24, 2.45) is 0 Å². The minimum Gasteiger partial charge on any atom is -0.871 e. The molecule has 0 spiro atoms. The van der Waals surface area contributed by atoms with Crippen LogP contribution >= 0.6 is 11.6 Å². The minimum atomic E-state index is -1.13. The van der Waals surface area contributed by atoms with Gasteiger partial charge in [0.15, 0.2) is 0 Å². The summed E-state index contributed by atoms with van der Waals surface area (Å²) in [7, 11) is 0. The van der Waals surface area contributed by atoms with Crippen LogP contribution in [-0.2, 0) is 0 Å². The van der Waals surface area contributed by atoms with Gasteiger partial charge in [-0.05, 0) is 12.1 Å². The zero-order valence-electron chi connectivity index (χ0n) is 5.37. The van der Waals surface area contributed by atoms with Crippen LogP contribution in [-0.4, -0.2) is 11.1 Å². The second kappa shape index (κ2) is 2.80. The molecule has 0 aromatic heterocycles. The number of carboxylic acid groups (broad SMARTS) is 1. The average Bonchev–Trinajstić information content (AvgIpc) is 1.94. The van der Waals surface area contributed by atoms with E-state index in [1.54, 1.807) is 0 Å². The Kier molecular flexibility index (Phi) is 2.01. The number of carboxylic acids is 1. The highest BCUT2D eigenvalue weighted by molar-refractivity contribution is 6.32. The van der Waals surface area contributed by atoms with Gasteiger partial charge in [-0.15, -0.1) is 0 Å². The third-order valence-electron chi connectivity index (χ3n) is 1.18. The smallest absolute Gasteiger partial charge is 0.335 e. The molecule has 1 N–H and O–H groups in total. The van der Waals surface area contributed by atoms with Crippen LogP contribution < -0.4 is 5.11 Å². The van der Waals surface area contributed by atoms with E-state index in [0.29, 0.717) is 0 Å². The molecule has 0 bridgehead atoms. The number of rotatable bonds is 1. The highest BCUT2D eigenvalue weighted by Crippen LogP contribution is 2.20. The van der Waals surface area contributed by atoms with Gasteiger partial charge >= 0.3 is 5.97 Å². The van der Waals surface area contributed by atoms with Crippen LogP contribution in [0.25, 0.3) is 0 Å². The molecule has 0 heterocycles. The van der Waals surface area contributed by atoms with Gasteiger partial charge in [0, 0.05) is 5.02 Å². The third-order valence-corrected chi connectivity index (χ3v) is 1.49. The molecule has 0 saturated heterocycles. The largest absolute Gasteiger partial charge is 0.871 e. The van der Waals surface area contributed by atoms with Gasteiger partial charge in [-0.1, -0.05) is 23.4 Å². The maximum Gasteiger partial charge on any atom is 0.335 e. The molecule has 0 atom stereocenters. The van der Waals surface area contributed by atoms with Gasteiger partial charge in [0.2, 0.25) is 0 Å². The summed E-state index contributed by atoms with van der Waals surface area (Å²) in [5.41, 5.74) is -0.0422. The fourth-order valence-corrected chi connectivity index (χ4v) is 0.754. The van der Waals surface area contributed by atoms with Crippen LogP contribution in [0.5, 0.6) is 5.75 Å². The van der Waals surface area contributed by atoms with Crippen molar-refractivity contribution in [1.82, 2.24) is 0 Å². The molecule has 4 heteroatoms. The number of aromatic carboxylic acids is 1. The summed E-state index contributed by atoms with van der Waals surface area (Å²) in [5.74, 6) is -1.59. The lowest BCUT2D eigenvalue weighted by molar-refractivity contribution is -0.268. The van der Waals surface area contributed by atoms with E-state index in [9.17, 15) is 9.90 Å². The molecular formula is C7H4ClO3-. The van der Waals surface area contributed by atoms with Crippen molar-refractivity contribution in [3.8, 4) is 5.75 Å². The standard InChI is InChI=1S/C7H5ClO3/c8-5-2-1-4(7(10)11)3-6(5)9/h1-3,9H,(H,10,11)/p-1. The molecule has 0 radical (unpaired) electrons. The molecular weight excluding hydrogens is 168 g/mol. The Balaban J connectivity index is 3.15. The molecule has 58 valence electrons. The van der Waals surface area contributed by atoms with Crippen LogP contribution in [0.2, 0.25) is 5.02 Å². The molecule has 1 aromatic rings. The maximum absolute atomic E-state index is 10.7. The molecule has 1 aromatic carbocycles. The van der Waals surface area contributed by atoms with Crippen LogP contribution in [0.4, 0.5) is 0 Å². The lowest BCUT2D eigenvalue weighted by Gasteiger charge is -2.07. The predicted octanol–water partition coefficient (Wildman–Crippen LogP) is 1.11. The number of hydrogen-bond donors (Lipinski definition) is 1. The molecule has 1 rings (SSSR count). The summed E-state index contributed by atoms with van der Waals surface area (Å²) < 4.78 is 0. The number of hydrogen-bond acceptors (Lipinski definition) is 2. The summed E-state index contributed by atoms with van der Waals surface area (Å²) in [6.45, 7) is 0. The van der Waals surface area contributed by atoms with Gasteiger partial charge in [0.1, 0.15) is 0 Å². The summed E-state index contributed by atoms with van der Waals surface area (Å²) in [6.07, 6.45) is 0. The Morgan fingerprint density at radius 2 is 2.18 bits per heavy atom. The molecule has 0 unspecified atom stereocenters. The van der Waals surface area contributed by atoms with Crippen molar-refractivity contribution in [1.29, 1.82) is 0 Å². The van der Waals surface area contributed by atoms with Crippen molar-refractivity contribution < 1.29 is 15.0 Å². The summed E-state index contributed by atoms with van der Waals surface area (Å²) in [6, 6.07) is 3.55. The van der Waals surface area contributed by atoms with Gasteiger partial charge in [0.25, 0.3) is 0 Å². The Bertz CT molecular complexity index is 296. The molecule has 0 aliphatic heterocycles. The van der Waals surface area contributed by atoms with Crippen molar-refractivity contribution in [3.05, 3.63) is 28.8 Å². The molecule has 0 amide bonds. The fourth-order valence-electron chi connectivity index (χ4n) is 0.636. The van der Waals surface area contributed by atoms with E-state index in [2.05, 4.69) is 0 Å². The zero-order valence-corrected chi connectivity index (χ0v) is 6.13. The Morgan fingerprint density at radius 3 is 2.64 bits per heavy atom. The lowest BCUT2D eigenvalue weighted by Crippen LogP contribution is -1.98. The molecule has 0 aliphatic carbocycles. The van der Waals surface area contributed by atoms with Crippen LogP contribution in [0, 0.1) is 0 Å². The Morgan fingerprint density at radius 1 is 1.55 bits per heavy atom. The van der Waals surface area contributed by atoms with E-state index in [-0.39, 0.29) is 10.6 Å². The van der Waals surface area contributed by atoms with Gasteiger partial charge in [-0.25, -0.2) is 4.79 Å². The second-order valence-electron chi connectivity index (χ2n) is 1.95. The fraction of sp³-hybridized carbons (Fsp3) is 0. The highest BCUT2D eigenvalue weighted by Gasteiger charge is 2.00. The monoisotopic (exact) mass is 171 g/mol. The zero-order chi connectivity index (χ0) is 8.43. The van der Waals surface area contributed by atoms with E-state index in [0.717, 1.165) is 6.07 Å². The quantitative estimate of drug-likeness (QED) is 0.689. The maximum atomic E-state index is 10.7. The van der Waals surface area contributed by atoms with E-state index in [1.165, 1.54) is 12.1 Å². The topological polar surface area (TPSA) is 60.4 Å². The van der Waals surface area contributed by atoms with E-state index >= 15 is 0 Å². The van der Waals surface area contributed by atoms with Gasteiger partial charge in [0.05, 0.1) is 5.56 Å². The van der Waals surface area contributed by atoms with Crippen molar-refractivity contribution in [2.45, 2.75) is 0 Å². The Labute approximate surface area is 67.8 Å². The van der Waals surface area contributed by atoms with Crippen LogP contribution in [0.1, 0.15) is 10.4 Å². The van der Waals surface area contributed by atoms with E-state index in [1.807, 2.05) is 0 Å². The first kappa shape index (κ1) is 7.88. The Hall–Kier alpha value is -1.22. The lowest BCUT2D eigenvalue weighted by atomic mass is 10.2. The van der Waals surface area contributed by atoms with Gasteiger partial charge < -0.3 is 10.2 Å². The van der Waals surface area contributed by atoms with Crippen molar-refractivity contribution >= 4 is 17.6 Å². The first-order chi connectivity index (χ1) is 5.11. The molecule has 11 heavy (non-hydrogen) atoms. The SMILES string of the molecule is O=C(O)c1ccc(Cl)c([O-])c1. The first-order valence-corrected chi connectivity index (χ1v) is 3.19. The normalized spacial score (nSPS) is 9.55. The first-order valence-electron chi connectivity index (χ1n) is 2.81. The predicted molar refractivity (Wildman–Crippen MR) is 37.9 cm³/mol. The van der Waals surface area contributed by atoms with Crippen molar-refractivity contribution in [3.63, 3.8) is 0 Å². The van der Waals surface area contributed by atoms with Gasteiger partial charge in [-0.2, -0.15) is 0 Å². The highest BCUT2D eigenvalue weighted by atomic mass is 35.5. The number of halogens is 1. The molecule has 0 aliphatic rings. The molecule has 3 nitrogen and oxygen atoms in total. The third kappa shape index (κ3) is 1.62. The van der Waals surface area contributed by atoms with Crippen LogP contribution in [0.15, 0.2) is 18.2 Å². The van der Waals surface area contributed by atoms with Crippen LogP contribution in [0.3, 0.4) is 0 Å². The van der Waals surface area contributed by atoms with E-state index < -0.39 is 11.7 Å². The van der Waals surface area contributed by atoms with Gasteiger partial charge in [-0.3, -0.25) is 0 Å². The van der Waals surface area contributed by atoms with E-state index in [4.69, 9.17) is 16.7 Å². The molecule has 0 saturated carbocycles. The summed E-state index contributed by atoms with van der Waals surface area (Å²) in [4.78, 5) is 10.3. The average molecular weight is 172 g/mol.